The van der Waals surface area contributed by atoms with Gasteiger partial charge in [-0.05, 0) is 35.7 Å². The molecule has 1 aromatic carbocycles. The molecule has 0 fully saturated rings. The van der Waals surface area contributed by atoms with Crippen molar-refractivity contribution in [3.63, 3.8) is 0 Å². The lowest BCUT2D eigenvalue weighted by Gasteiger charge is -2.07. The number of hydrogen-bond acceptors (Lipinski definition) is 6. The molecule has 0 radical (unpaired) electrons. The van der Waals surface area contributed by atoms with Crippen molar-refractivity contribution in [2.45, 2.75) is 19.8 Å². The number of aromatic nitrogens is 3. The van der Waals surface area contributed by atoms with Crippen molar-refractivity contribution < 1.29 is 14.3 Å². The third-order valence-electron chi connectivity index (χ3n) is 4.18. The van der Waals surface area contributed by atoms with Gasteiger partial charge in [-0.2, -0.15) is 9.59 Å². The van der Waals surface area contributed by atoms with Crippen molar-refractivity contribution in [3.05, 3.63) is 69.9 Å². The number of benzene rings is 1. The van der Waals surface area contributed by atoms with Crippen LogP contribution in [-0.4, -0.2) is 28.2 Å². The number of methoxy groups -OCH3 is 1. The molecule has 7 heteroatoms. The van der Waals surface area contributed by atoms with E-state index in [0.29, 0.717) is 11.6 Å². The minimum atomic E-state index is 0.250. The molecule has 0 amide bonds. The van der Waals surface area contributed by atoms with Gasteiger partial charge < -0.3 is 4.74 Å². The number of rotatable bonds is 3. The number of halogens is 1. The Balaban J connectivity index is 0.000000659. The van der Waals surface area contributed by atoms with Crippen LogP contribution in [0, 0.1) is 6.92 Å². The first-order chi connectivity index (χ1) is 13.0. The summed E-state index contributed by atoms with van der Waals surface area (Å²) in [5.41, 5.74) is 6.15. The van der Waals surface area contributed by atoms with Crippen molar-refractivity contribution in [3.8, 4) is 17.0 Å². The molecule has 27 heavy (non-hydrogen) atoms. The number of ether oxygens (including phenoxy) is 1. The largest absolute Gasteiger partial charge is 0.497 e. The van der Waals surface area contributed by atoms with Crippen LogP contribution >= 0.6 is 11.6 Å². The number of hydrogen-bond donors (Lipinski definition) is 0. The summed E-state index contributed by atoms with van der Waals surface area (Å²) in [7, 11) is 1.66. The molecule has 3 aromatic rings. The normalized spacial score (nSPS) is 10.9. The number of carbonyl (C=O) groups excluding carboxylic acids is 2. The van der Waals surface area contributed by atoms with Gasteiger partial charge in [0, 0.05) is 19.0 Å². The monoisotopic (exact) mass is 381 g/mol. The molecule has 0 saturated carbocycles. The molecule has 0 spiro atoms. The topological polar surface area (TPSA) is 82.0 Å². The van der Waals surface area contributed by atoms with E-state index in [1.54, 1.807) is 7.11 Å². The summed E-state index contributed by atoms with van der Waals surface area (Å²) in [6.45, 7) is 2.04. The Labute approximate surface area is 161 Å². The van der Waals surface area contributed by atoms with Gasteiger partial charge >= 0.3 is 6.15 Å². The van der Waals surface area contributed by atoms with E-state index < -0.39 is 0 Å². The van der Waals surface area contributed by atoms with E-state index in [4.69, 9.17) is 30.9 Å². The third-order valence-corrected chi connectivity index (χ3v) is 4.45. The maximum Gasteiger partial charge on any atom is 0.373 e. The van der Waals surface area contributed by atoms with E-state index in [1.807, 2.05) is 37.4 Å². The van der Waals surface area contributed by atoms with Crippen molar-refractivity contribution in [1.82, 2.24) is 15.0 Å². The highest BCUT2D eigenvalue weighted by molar-refractivity contribution is 6.32. The maximum atomic E-state index is 8.12. The van der Waals surface area contributed by atoms with Crippen molar-refractivity contribution in [1.29, 1.82) is 0 Å². The molecule has 6 nitrogen and oxygen atoms in total. The lowest BCUT2D eigenvalue weighted by atomic mass is 10.1. The molecular weight excluding hydrogens is 366 g/mol. The molecule has 0 N–H and O–H groups in total. The third kappa shape index (κ3) is 4.03. The molecule has 2 heterocycles. The van der Waals surface area contributed by atoms with Crippen LogP contribution in [0.5, 0.6) is 5.75 Å². The zero-order chi connectivity index (χ0) is 19.4. The first kappa shape index (κ1) is 18.7. The van der Waals surface area contributed by atoms with Gasteiger partial charge in [-0.15, -0.1) is 0 Å². The lowest BCUT2D eigenvalue weighted by molar-refractivity contribution is -0.191. The van der Waals surface area contributed by atoms with E-state index in [9.17, 15) is 0 Å². The van der Waals surface area contributed by atoms with Crippen LogP contribution in [-0.2, 0) is 22.4 Å². The number of pyridine rings is 1. The minimum absolute atomic E-state index is 0.250. The molecule has 0 aliphatic heterocycles. The van der Waals surface area contributed by atoms with Crippen LogP contribution in [0.4, 0.5) is 0 Å². The Morgan fingerprint density at radius 3 is 2.74 bits per heavy atom. The van der Waals surface area contributed by atoms with E-state index in [2.05, 4.69) is 16.0 Å². The molecule has 0 bridgehead atoms. The standard InChI is InChI=1S/C19H16ClN3O.CO2/c1-11-6-13-9-15-17(18(13)21-10-11)19(20)23-16(22-15)8-12-4-3-5-14(7-12)24-2;2-1-3/h3-7,10H,8-9H2,1-2H3;. The van der Waals surface area contributed by atoms with Crippen LogP contribution in [0.15, 0.2) is 36.5 Å². The smallest absolute Gasteiger partial charge is 0.373 e. The molecule has 136 valence electrons. The van der Waals surface area contributed by atoms with E-state index in [-0.39, 0.29) is 6.15 Å². The van der Waals surface area contributed by atoms with Gasteiger partial charge in [0.1, 0.15) is 16.7 Å². The summed E-state index contributed by atoms with van der Waals surface area (Å²) in [6.07, 6.45) is 3.48. The Hall–Kier alpha value is -3.08. The molecule has 0 unspecified atom stereocenters. The van der Waals surface area contributed by atoms with E-state index in [1.165, 1.54) is 5.56 Å². The van der Waals surface area contributed by atoms with Gasteiger partial charge in [0.05, 0.1) is 24.1 Å². The Bertz CT molecular complexity index is 1030. The fraction of sp³-hybridized carbons (Fsp3) is 0.200. The number of fused-ring (bicyclic) bond motifs is 3. The molecular formula is C20H16ClN3O3. The SMILES string of the molecule is COc1cccc(Cc2nc(Cl)c3c(n2)Cc2cc(C)cnc2-3)c1.O=C=O. The minimum Gasteiger partial charge on any atom is -0.497 e. The van der Waals surface area contributed by atoms with Crippen molar-refractivity contribution in [2.75, 3.05) is 7.11 Å². The molecule has 2 aromatic heterocycles. The van der Waals surface area contributed by atoms with E-state index >= 15 is 0 Å². The maximum absolute atomic E-state index is 8.12. The highest BCUT2D eigenvalue weighted by Crippen LogP contribution is 2.38. The fourth-order valence-corrected chi connectivity index (χ4v) is 3.40. The van der Waals surface area contributed by atoms with Gasteiger partial charge in [-0.3, -0.25) is 4.98 Å². The zero-order valence-electron chi connectivity index (χ0n) is 14.8. The zero-order valence-corrected chi connectivity index (χ0v) is 15.6. The summed E-state index contributed by atoms with van der Waals surface area (Å²) >= 11 is 6.45. The van der Waals surface area contributed by atoms with Crippen LogP contribution in [0.2, 0.25) is 5.15 Å². The molecule has 1 aliphatic carbocycles. The van der Waals surface area contributed by atoms with Gasteiger partial charge in [-0.25, -0.2) is 9.97 Å². The summed E-state index contributed by atoms with van der Waals surface area (Å²) in [5.74, 6) is 1.54. The van der Waals surface area contributed by atoms with Gasteiger partial charge in [0.25, 0.3) is 0 Å². The van der Waals surface area contributed by atoms with Gasteiger partial charge in [0.15, 0.2) is 0 Å². The molecule has 0 atom stereocenters. The molecule has 1 aliphatic rings. The average Bonchev–Trinajstić information content (AvgIpc) is 3.00. The quantitative estimate of drug-likeness (QED) is 0.506. The van der Waals surface area contributed by atoms with Crippen LogP contribution < -0.4 is 4.74 Å². The second-order valence-corrected chi connectivity index (χ2v) is 6.42. The van der Waals surface area contributed by atoms with Gasteiger partial charge in [0.2, 0.25) is 0 Å². The van der Waals surface area contributed by atoms with Crippen LogP contribution in [0.3, 0.4) is 0 Å². The predicted molar refractivity (Wildman–Crippen MR) is 98.6 cm³/mol. The molecule has 0 saturated heterocycles. The highest BCUT2D eigenvalue weighted by atomic mass is 35.5. The van der Waals surface area contributed by atoms with Crippen LogP contribution in [0.25, 0.3) is 11.3 Å². The van der Waals surface area contributed by atoms with Gasteiger partial charge in [-0.1, -0.05) is 29.8 Å². The summed E-state index contributed by atoms with van der Waals surface area (Å²) in [5, 5.41) is 0.480. The predicted octanol–water partition coefficient (Wildman–Crippen LogP) is 3.42. The van der Waals surface area contributed by atoms with E-state index in [0.717, 1.165) is 46.1 Å². The average molecular weight is 382 g/mol. The number of aryl methyl sites for hydroxylation is 1. The summed E-state index contributed by atoms with van der Waals surface area (Å²) < 4.78 is 5.27. The van der Waals surface area contributed by atoms with Crippen molar-refractivity contribution in [2.24, 2.45) is 0 Å². The second kappa shape index (κ2) is 8.08. The first-order valence-electron chi connectivity index (χ1n) is 8.19. The number of nitrogens with zero attached hydrogens (tertiary/aromatic N) is 3. The first-order valence-corrected chi connectivity index (χ1v) is 8.57. The molecule has 4 rings (SSSR count). The summed E-state index contributed by atoms with van der Waals surface area (Å²) in [6, 6.07) is 10.1. The highest BCUT2D eigenvalue weighted by Gasteiger charge is 2.25. The lowest BCUT2D eigenvalue weighted by Crippen LogP contribution is -2.01. The second-order valence-electron chi connectivity index (χ2n) is 6.06. The summed E-state index contributed by atoms with van der Waals surface area (Å²) in [4.78, 5) is 30.0. The van der Waals surface area contributed by atoms with Crippen molar-refractivity contribution >= 4 is 17.8 Å². The Morgan fingerprint density at radius 1 is 1.22 bits per heavy atom. The fourth-order valence-electron chi connectivity index (χ4n) is 3.10. The Morgan fingerprint density at radius 2 is 2.00 bits per heavy atom. The van der Waals surface area contributed by atoms with Crippen LogP contribution in [0.1, 0.15) is 28.2 Å². The Kier molecular flexibility index (Phi) is 5.60.